The van der Waals surface area contributed by atoms with Crippen molar-refractivity contribution in [2.24, 2.45) is 0 Å². The Labute approximate surface area is 99.2 Å². The number of hydrogen-bond acceptors (Lipinski definition) is 4. The van der Waals surface area contributed by atoms with E-state index in [-0.39, 0.29) is 5.91 Å². The maximum Gasteiger partial charge on any atom is 0.232 e. The van der Waals surface area contributed by atoms with Gasteiger partial charge in [-0.2, -0.15) is 0 Å². The highest BCUT2D eigenvalue weighted by molar-refractivity contribution is 8.00. The molecule has 1 fully saturated rings. The van der Waals surface area contributed by atoms with Gasteiger partial charge in [-0.15, -0.1) is 0 Å². The number of nitrogen functional groups attached to an aromatic ring is 1. The highest BCUT2D eigenvalue weighted by atomic mass is 32.2. The molecule has 0 aromatic carbocycles. The number of nitrogens with two attached hydrogens (primary N) is 1. The molecule has 1 aromatic rings. The third-order valence-corrected chi connectivity index (χ3v) is 3.60. The molecule has 4 nitrogen and oxygen atoms in total. The van der Waals surface area contributed by atoms with Crippen molar-refractivity contribution in [3.05, 3.63) is 18.3 Å². The van der Waals surface area contributed by atoms with E-state index >= 15 is 0 Å². The fraction of sp³-hybridized carbons (Fsp3) is 0.455. The molecule has 0 atom stereocenters. The molecule has 0 bridgehead atoms. The SMILES string of the molecule is Nc1cccnc1SCC(=O)N1CCCC1. The number of carbonyl (C=O) groups excluding carboxylic acids is 1. The number of nitrogens with zero attached hydrogens (tertiary/aromatic N) is 2. The molecular formula is C11H15N3OS. The van der Waals surface area contributed by atoms with Gasteiger partial charge in [-0.3, -0.25) is 4.79 Å². The summed E-state index contributed by atoms with van der Waals surface area (Å²) in [5.41, 5.74) is 6.39. The van der Waals surface area contributed by atoms with Gasteiger partial charge in [-0.25, -0.2) is 4.98 Å². The fourth-order valence-electron chi connectivity index (χ4n) is 1.71. The van der Waals surface area contributed by atoms with Crippen molar-refractivity contribution in [3.63, 3.8) is 0 Å². The van der Waals surface area contributed by atoms with Crippen LogP contribution >= 0.6 is 11.8 Å². The van der Waals surface area contributed by atoms with Crippen molar-refractivity contribution in [1.82, 2.24) is 9.88 Å². The summed E-state index contributed by atoms with van der Waals surface area (Å²) in [5.74, 6) is 0.619. The Balaban J connectivity index is 1.87. The number of carbonyl (C=O) groups is 1. The first kappa shape index (κ1) is 11.3. The zero-order valence-electron chi connectivity index (χ0n) is 9.06. The molecule has 0 radical (unpaired) electrons. The molecule has 2 heterocycles. The zero-order valence-corrected chi connectivity index (χ0v) is 9.87. The van der Waals surface area contributed by atoms with Gasteiger partial charge in [-0.05, 0) is 25.0 Å². The van der Waals surface area contributed by atoms with Crippen LogP contribution in [0.4, 0.5) is 5.69 Å². The zero-order chi connectivity index (χ0) is 11.4. The summed E-state index contributed by atoms with van der Waals surface area (Å²) in [6, 6.07) is 3.59. The van der Waals surface area contributed by atoms with Gasteiger partial charge in [0.15, 0.2) is 0 Å². The lowest BCUT2D eigenvalue weighted by molar-refractivity contribution is -0.127. The Bertz CT molecular complexity index is 377. The van der Waals surface area contributed by atoms with Crippen LogP contribution in [0.3, 0.4) is 0 Å². The number of thioether (sulfide) groups is 1. The van der Waals surface area contributed by atoms with Crippen LogP contribution in [-0.2, 0) is 4.79 Å². The molecule has 0 unspecified atom stereocenters. The van der Waals surface area contributed by atoms with E-state index < -0.39 is 0 Å². The third-order valence-electron chi connectivity index (χ3n) is 2.59. The van der Waals surface area contributed by atoms with Crippen LogP contribution in [0.5, 0.6) is 0 Å². The highest BCUT2D eigenvalue weighted by Crippen LogP contribution is 2.22. The van der Waals surface area contributed by atoms with Gasteiger partial charge in [0.1, 0.15) is 5.03 Å². The molecule has 1 aromatic heterocycles. The predicted molar refractivity (Wildman–Crippen MR) is 65.2 cm³/mol. The lowest BCUT2D eigenvalue weighted by Gasteiger charge is -2.14. The summed E-state index contributed by atoms with van der Waals surface area (Å²) in [4.78, 5) is 17.8. The van der Waals surface area contributed by atoms with Gasteiger partial charge in [0, 0.05) is 19.3 Å². The molecule has 1 aliphatic rings. The summed E-state index contributed by atoms with van der Waals surface area (Å²) in [6.45, 7) is 1.80. The van der Waals surface area contributed by atoms with Crippen molar-refractivity contribution in [1.29, 1.82) is 0 Å². The van der Waals surface area contributed by atoms with E-state index in [1.807, 2.05) is 4.90 Å². The minimum atomic E-state index is 0.188. The average Bonchev–Trinajstić information content (AvgIpc) is 2.81. The van der Waals surface area contributed by atoms with Crippen molar-refractivity contribution >= 4 is 23.4 Å². The van der Waals surface area contributed by atoms with Crippen molar-refractivity contribution in [2.45, 2.75) is 17.9 Å². The Morgan fingerprint density at radius 2 is 2.25 bits per heavy atom. The van der Waals surface area contributed by atoms with Gasteiger partial charge in [-0.1, -0.05) is 11.8 Å². The largest absolute Gasteiger partial charge is 0.397 e. The molecule has 2 rings (SSSR count). The van der Waals surface area contributed by atoms with Gasteiger partial charge >= 0.3 is 0 Å². The topological polar surface area (TPSA) is 59.2 Å². The number of amides is 1. The summed E-state index contributed by atoms with van der Waals surface area (Å²) in [5, 5.41) is 0.745. The van der Waals surface area contributed by atoms with Crippen molar-refractivity contribution in [3.8, 4) is 0 Å². The second-order valence-corrected chi connectivity index (χ2v) is 4.74. The number of pyridine rings is 1. The maximum atomic E-state index is 11.8. The highest BCUT2D eigenvalue weighted by Gasteiger charge is 2.18. The monoisotopic (exact) mass is 237 g/mol. The van der Waals surface area contributed by atoms with E-state index in [0.717, 1.165) is 31.0 Å². The van der Waals surface area contributed by atoms with Gasteiger partial charge in [0.25, 0.3) is 0 Å². The second-order valence-electron chi connectivity index (χ2n) is 3.77. The minimum absolute atomic E-state index is 0.188. The first-order valence-electron chi connectivity index (χ1n) is 5.38. The molecule has 5 heteroatoms. The van der Waals surface area contributed by atoms with E-state index in [2.05, 4.69) is 4.98 Å². The predicted octanol–water partition coefficient (Wildman–Crippen LogP) is 1.38. The van der Waals surface area contributed by atoms with Crippen molar-refractivity contribution < 1.29 is 4.79 Å². The lowest BCUT2D eigenvalue weighted by atomic mass is 10.4. The molecule has 86 valence electrons. The minimum Gasteiger partial charge on any atom is -0.397 e. The summed E-state index contributed by atoms with van der Waals surface area (Å²) < 4.78 is 0. The fourth-order valence-corrected chi connectivity index (χ4v) is 2.52. The quantitative estimate of drug-likeness (QED) is 0.807. The lowest BCUT2D eigenvalue weighted by Crippen LogP contribution is -2.29. The van der Waals surface area contributed by atoms with Crippen LogP contribution in [0.25, 0.3) is 0 Å². The Morgan fingerprint density at radius 3 is 2.94 bits per heavy atom. The molecule has 2 N–H and O–H groups in total. The molecule has 0 aliphatic carbocycles. The van der Waals surface area contributed by atoms with E-state index in [0.29, 0.717) is 11.4 Å². The molecular weight excluding hydrogens is 222 g/mol. The summed E-state index contributed by atoms with van der Waals surface area (Å²) in [7, 11) is 0. The van der Waals surface area contributed by atoms with E-state index in [4.69, 9.17) is 5.73 Å². The van der Waals surface area contributed by atoms with Crippen LogP contribution in [0.15, 0.2) is 23.4 Å². The first-order chi connectivity index (χ1) is 7.77. The van der Waals surface area contributed by atoms with Gasteiger partial charge in [0.2, 0.25) is 5.91 Å². The first-order valence-corrected chi connectivity index (χ1v) is 6.37. The second kappa shape index (κ2) is 5.21. The van der Waals surface area contributed by atoms with Gasteiger partial charge < -0.3 is 10.6 Å². The van der Waals surface area contributed by atoms with E-state index in [1.165, 1.54) is 11.8 Å². The molecule has 16 heavy (non-hydrogen) atoms. The Morgan fingerprint density at radius 1 is 1.50 bits per heavy atom. The molecule has 1 saturated heterocycles. The summed E-state index contributed by atoms with van der Waals surface area (Å²) >= 11 is 1.41. The summed E-state index contributed by atoms with van der Waals surface area (Å²) in [6.07, 6.45) is 3.95. The van der Waals surface area contributed by atoms with Gasteiger partial charge in [0.05, 0.1) is 11.4 Å². The van der Waals surface area contributed by atoms with E-state index in [9.17, 15) is 4.79 Å². The van der Waals surface area contributed by atoms with Crippen LogP contribution in [0, 0.1) is 0 Å². The Hall–Kier alpha value is -1.23. The number of aromatic nitrogens is 1. The molecule has 1 amide bonds. The normalized spacial score (nSPS) is 15.4. The number of likely N-dealkylation sites (tertiary alicyclic amines) is 1. The number of hydrogen-bond donors (Lipinski definition) is 1. The number of anilines is 1. The molecule has 0 saturated carbocycles. The smallest absolute Gasteiger partial charge is 0.232 e. The standard InChI is InChI=1S/C11H15N3OS/c12-9-4-3-5-13-11(9)16-8-10(15)14-6-1-2-7-14/h3-5H,1-2,6-8,12H2. The van der Waals surface area contributed by atoms with Crippen LogP contribution in [0.1, 0.15) is 12.8 Å². The van der Waals surface area contributed by atoms with Crippen LogP contribution in [0.2, 0.25) is 0 Å². The van der Waals surface area contributed by atoms with Crippen molar-refractivity contribution in [2.75, 3.05) is 24.6 Å². The average molecular weight is 237 g/mol. The van der Waals surface area contributed by atoms with Crippen LogP contribution < -0.4 is 5.73 Å². The molecule has 0 spiro atoms. The number of rotatable bonds is 3. The van der Waals surface area contributed by atoms with Crippen LogP contribution in [-0.4, -0.2) is 34.6 Å². The molecule has 1 aliphatic heterocycles. The van der Waals surface area contributed by atoms with E-state index in [1.54, 1.807) is 18.3 Å². The third kappa shape index (κ3) is 2.66. The maximum absolute atomic E-state index is 11.8. The Kier molecular flexibility index (Phi) is 3.66.